The molecule has 5 heterocycles. The minimum Gasteiger partial charge on any atom is -0.657 e. The number of Topliss-reactive ketones (excluding diaryl/α,β-unsaturated/α-hetero) is 1. The normalized spacial score (nSPS) is 22.9. The molecule has 3 aromatic heterocycles. The van der Waals surface area contributed by atoms with E-state index < -0.39 is 11.9 Å². The van der Waals surface area contributed by atoms with Crippen molar-refractivity contribution in [1.29, 1.82) is 0 Å². The molecule has 8 bridgehead atoms. The molecule has 0 amide bonds. The molecule has 10 heteroatoms. The van der Waals surface area contributed by atoms with Crippen LogP contribution in [-0.2, 0) is 45.0 Å². The topological polar surface area (TPSA) is 124 Å². The second-order valence-electron chi connectivity index (χ2n) is 12.0. The van der Waals surface area contributed by atoms with Gasteiger partial charge < -0.3 is 29.7 Å². The van der Waals surface area contributed by atoms with Crippen molar-refractivity contribution in [2.75, 3.05) is 14.2 Å². The van der Waals surface area contributed by atoms with Gasteiger partial charge in [-0.25, -0.2) is 0 Å². The van der Waals surface area contributed by atoms with Crippen LogP contribution in [0, 0.1) is 38.5 Å². The molecular weight excluding hydrogens is 634 g/mol. The summed E-state index contributed by atoms with van der Waals surface area (Å²) in [6.45, 7) is 14.2. The molecule has 1 aliphatic carbocycles. The Morgan fingerprint density at radius 1 is 0.957 bits per heavy atom. The van der Waals surface area contributed by atoms with Crippen molar-refractivity contribution in [3.63, 3.8) is 0 Å². The molecule has 9 nitrogen and oxygen atoms in total. The van der Waals surface area contributed by atoms with Crippen LogP contribution in [0.4, 0.5) is 0 Å². The molecule has 1 saturated heterocycles. The largest absolute Gasteiger partial charge is 0.657 e. The van der Waals surface area contributed by atoms with E-state index in [0.717, 1.165) is 56.5 Å². The van der Waals surface area contributed by atoms with Crippen molar-refractivity contribution in [2.45, 2.75) is 53.9 Å². The number of rotatable bonds is 6. The van der Waals surface area contributed by atoms with Crippen LogP contribution in [0.3, 0.4) is 0 Å². The zero-order valence-corrected chi connectivity index (χ0v) is 30.4. The maximum Gasteiger partial charge on any atom is 0.321 e. The summed E-state index contributed by atoms with van der Waals surface area (Å²) in [5, 5.41) is 5.18. The number of fused-ring (bicyclic) bond motifs is 7. The first-order chi connectivity index (χ1) is 21.5. The van der Waals surface area contributed by atoms with E-state index in [1.807, 2.05) is 38.2 Å². The van der Waals surface area contributed by atoms with Gasteiger partial charge in [0.2, 0.25) is 0 Å². The molecular formula is C36H37N4O5Zn-3. The zero-order valence-electron chi connectivity index (χ0n) is 27.5. The van der Waals surface area contributed by atoms with Crippen molar-refractivity contribution in [1.82, 2.24) is 20.3 Å². The predicted molar refractivity (Wildman–Crippen MR) is 171 cm³/mol. The fourth-order valence-corrected chi connectivity index (χ4v) is 7.13. The van der Waals surface area contributed by atoms with Gasteiger partial charge in [-0.15, -0.1) is 33.5 Å². The average molecular weight is 671 g/mol. The minimum absolute atomic E-state index is 0. The van der Waals surface area contributed by atoms with Gasteiger partial charge in [-0.3, -0.25) is 14.4 Å². The SMILES string of the molecule is C=Cc1c2[n-]c(c1C)/C=C1\N/C(=C3\c4[n-]c(c(C)c4C(=O)C3C(=O)OC)/C=c3/[n-]c(c(C)c3CC)=C2)C(CCC(=O)OC)C1C.[Zn]. The van der Waals surface area contributed by atoms with Gasteiger partial charge in [0.1, 0.15) is 5.92 Å². The smallest absolute Gasteiger partial charge is 0.321 e. The van der Waals surface area contributed by atoms with Crippen LogP contribution in [0.25, 0.3) is 29.9 Å². The molecule has 0 radical (unpaired) electrons. The first-order valence-corrected chi connectivity index (χ1v) is 15.3. The minimum atomic E-state index is -1.17. The van der Waals surface area contributed by atoms with E-state index in [2.05, 4.69) is 32.7 Å². The fraction of sp³-hybridized carbons (Fsp3) is 0.361. The van der Waals surface area contributed by atoms with E-state index in [-0.39, 0.29) is 49.5 Å². The van der Waals surface area contributed by atoms with E-state index in [9.17, 15) is 14.4 Å². The van der Waals surface area contributed by atoms with Crippen molar-refractivity contribution < 1.29 is 43.3 Å². The Hall–Kier alpha value is -4.17. The second-order valence-corrected chi connectivity index (χ2v) is 12.0. The number of hydrogen-bond acceptors (Lipinski definition) is 6. The van der Waals surface area contributed by atoms with Crippen molar-refractivity contribution in [3.8, 4) is 0 Å². The second kappa shape index (κ2) is 12.6. The Morgan fingerprint density at radius 2 is 1.65 bits per heavy atom. The first-order valence-electron chi connectivity index (χ1n) is 15.3. The Labute approximate surface area is 281 Å². The summed E-state index contributed by atoms with van der Waals surface area (Å²) in [7, 11) is 2.65. The van der Waals surface area contributed by atoms with Crippen LogP contribution < -0.4 is 31.0 Å². The summed E-state index contributed by atoms with van der Waals surface area (Å²) in [5.74, 6) is -2.82. The fourth-order valence-electron chi connectivity index (χ4n) is 7.13. The van der Waals surface area contributed by atoms with Gasteiger partial charge in [0.05, 0.1) is 14.2 Å². The van der Waals surface area contributed by atoms with E-state index in [4.69, 9.17) is 24.4 Å². The maximum absolute atomic E-state index is 14.0. The molecule has 0 aromatic carbocycles. The third kappa shape index (κ3) is 5.07. The molecule has 3 unspecified atom stereocenters. The van der Waals surface area contributed by atoms with Gasteiger partial charge in [0.25, 0.3) is 0 Å². The van der Waals surface area contributed by atoms with Crippen LogP contribution in [0.2, 0.25) is 0 Å². The van der Waals surface area contributed by atoms with E-state index in [1.165, 1.54) is 14.2 Å². The quantitative estimate of drug-likeness (QED) is 0.239. The number of nitrogens with zero attached hydrogens (tertiary/aromatic N) is 3. The standard InChI is InChI=1S/C36H38N4O5.Zn/c1-9-20-16(3)23-13-25-18(5)22(11-12-29(41)44-7)33(39-25)31-32(36(43)45-8)35(42)30-19(6)26(40-34(30)31)15-28-21(10-2)17(4)24(38-28)14-27(20)37-23;/h9,13-15,18,22,32H,1,10-12H2,2-8H3,(H2,39,40,42);/q-2;/p-1/b24-14?,25-13-,28-15+;. The molecule has 2 aliphatic heterocycles. The van der Waals surface area contributed by atoms with Crippen LogP contribution in [0.5, 0.6) is 0 Å². The van der Waals surface area contributed by atoms with Crippen molar-refractivity contribution >= 4 is 47.6 Å². The number of ketones is 1. The van der Waals surface area contributed by atoms with Gasteiger partial charge >= 0.3 is 11.9 Å². The molecule has 236 valence electrons. The summed E-state index contributed by atoms with van der Waals surface area (Å²) < 4.78 is 10.1. The van der Waals surface area contributed by atoms with Crippen LogP contribution in [0.15, 0.2) is 18.0 Å². The van der Waals surface area contributed by atoms with Crippen molar-refractivity contribution in [2.24, 2.45) is 17.8 Å². The molecule has 46 heavy (non-hydrogen) atoms. The Morgan fingerprint density at radius 3 is 2.30 bits per heavy atom. The number of carbonyl (C=O) groups excluding carboxylic acids is 3. The molecule has 0 spiro atoms. The zero-order chi connectivity index (χ0) is 32.3. The van der Waals surface area contributed by atoms with Crippen LogP contribution in [-0.4, -0.2) is 31.9 Å². The number of allylic oxidation sites excluding steroid dienone is 2. The molecule has 0 saturated carbocycles. The predicted octanol–water partition coefficient (Wildman–Crippen LogP) is 3.20. The number of ether oxygens (including phenoxy) is 2. The van der Waals surface area contributed by atoms with E-state index >= 15 is 0 Å². The molecule has 3 aliphatic rings. The van der Waals surface area contributed by atoms with E-state index in [1.54, 1.807) is 0 Å². The first kappa shape index (κ1) is 33.2. The number of nitrogens with one attached hydrogen (secondary N) is 1. The third-order valence-electron chi connectivity index (χ3n) is 9.73. The number of aromatic nitrogens is 3. The van der Waals surface area contributed by atoms with Gasteiger partial charge in [0, 0.05) is 54.7 Å². The number of esters is 2. The van der Waals surface area contributed by atoms with Gasteiger partial charge in [-0.2, -0.15) is 0 Å². The molecule has 3 aromatic rings. The number of hydrogen-bond donors (Lipinski definition) is 1. The summed E-state index contributed by atoms with van der Waals surface area (Å²) >= 11 is 0. The number of carbonyl (C=O) groups is 3. The van der Waals surface area contributed by atoms with Crippen molar-refractivity contribution in [3.05, 3.63) is 84.8 Å². The Bertz CT molecular complexity index is 1990. The summed E-state index contributed by atoms with van der Waals surface area (Å²) in [4.78, 5) is 54.7. The monoisotopic (exact) mass is 669 g/mol. The molecule has 6 rings (SSSR count). The Kier molecular flexibility index (Phi) is 9.06. The summed E-state index contributed by atoms with van der Waals surface area (Å²) in [6.07, 6.45) is 9.14. The Balaban J connectivity index is 0.00000417. The molecule has 3 atom stereocenters. The van der Waals surface area contributed by atoms with Gasteiger partial charge in [-0.05, 0) is 44.7 Å². The maximum atomic E-state index is 14.0. The molecule has 1 fully saturated rings. The van der Waals surface area contributed by atoms with Gasteiger partial charge in [0.15, 0.2) is 5.78 Å². The summed E-state index contributed by atoms with van der Waals surface area (Å²) in [5.41, 5.74) is 9.88. The molecule has 1 N–H and O–H groups in total. The third-order valence-corrected chi connectivity index (χ3v) is 9.73. The average Bonchev–Trinajstić information content (AvgIpc) is 3.76. The number of methoxy groups -OCH3 is 2. The van der Waals surface area contributed by atoms with E-state index in [0.29, 0.717) is 40.2 Å². The van der Waals surface area contributed by atoms with Crippen LogP contribution >= 0.6 is 0 Å². The van der Waals surface area contributed by atoms with Crippen LogP contribution in [0.1, 0.15) is 87.6 Å². The summed E-state index contributed by atoms with van der Waals surface area (Å²) in [6, 6.07) is 0. The van der Waals surface area contributed by atoms with Gasteiger partial charge in [-0.1, -0.05) is 67.0 Å².